The van der Waals surface area contributed by atoms with Gasteiger partial charge in [0.1, 0.15) is 17.7 Å². The minimum absolute atomic E-state index is 0.0317. The van der Waals surface area contributed by atoms with Gasteiger partial charge in [0.25, 0.3) is 0 Å². The van der Waals surface area contributed by atoms with Gasteiger partial charge in [-0.25, -0.2) is 13.8 Å². The summed E-state index contributed by atoms with van der Waals surface area (Å²) in [6.45, 7) is 0. The lowest BCUT2D eigenvalue weighted by molar-refractivity contribution is -0.415. The van der Waals surface area contributed by atoms with E-state index in [0.717, 1.165) is 12.1 Å². The van der Waals surface area contributed by atoms with Gasteiger partial charge in [0.05, 0.1) is 10.5 Å². The molecule has 0 aromatic heterocycles. The number of hydrogen-bond donors (Lipinski definition) is 1. The van der Waals surface area contributed by atoms with Gasteiger partial charge in [-0.3, -0.25) is 10.1 Å². The van der Waals surface area contributed by atoms with E-state index in [1.165, 1.54) is 12.1 Å². The molecule has 1 heterocycles. The van der Waals surface area contributed by atoms with Crippen molar-refractivity contribution >= 4 is 5.84 Å². The van der Waals surface area contributed by atoms with Gasteiger partial charge in [0, 0.05) is 18.6 Å². The summed E-state index contributed by atoms with van der Waals surface area (Å²) in [4.78, 5) is 13.8. The number of hydrogen-bond acceptors (Lipinski definition) is 4. The lowest BCUT2D eigenvalue weighted by Gasteiger charge is -2.09. The molecule has 102 valence electrons. The van der Waals surface area contributed by atoms with E-state index in [-0.39, 0.29) is 23.5 Å². The maximum atomic E-state index is 13.3. The molecule has 0 saturated heterocycles. The smallest absolute Gasteiger partial charge is 0.306 e. The molecule has 1 unspecified atom stereocenters. The minimum Gasteiger partial charge on any atom is -0.378 e. The highest BCUT2D eigenvalue weighted by Gasteiger charge is 2.22. The van der Waals surface area contributed by atoms with Crippen LogP contribution in [0.5, 0.6) is 0 Å². The summed E-state index contributed by atoms with van der Waals surface area (Å²) in [5.41, 5.74) is 5.22. The van der Waals surface area contributed by atoms with Gasteiger partial charge in [-0.15, -0.1) is 0 Å². The van der Waals surface area contributed by atoms with Crippen LogP contribution in [0.15, 0.2) is 35.0 Å². The number of aliphatic imine (C=N–C) groups is 1. The van der Waals surface area contributed by atoms with Crippen molar-refractivity contribution in [2.75, 3.05) is 0 Å². The molecule has 1 aliphatic heterocycles. The Morgan fingerprint density at radius 3 is 2.80 bits per heavy atom. The first-order valence-corrected chi connectivity index (χ1v) is 5.62. The molecule has 0 saturated carbocycles. The van der Waals surface area contributed by atoms with Gasteiger partial charge in [0.2, 0.25) is 0 Å². The van der Waals surface area contributed by atoms with E-state index in [0.29, 0.717) is 0 Å². The van der Waals surface area contributed by atoms with Crippen LogP contribution in [0.4, 0.5) is 8.78 Å². The average Bonchev–Trinajstić information content (AvgIpc) is 2.37. The molecule has 1 atom stereocenters. The highest BCUT2D eigenvalue weighted by Crippen LogP contribution is 2.12. The Morgan fingerprint density at radius 1 is 1.45 bits per heavy atom. The molecule has 0 bridgehead atoms. The fourth-order valence-corrected chi connectivity index (χ4v) is 1.63. The Bertz CT molecular complexity index is 687. The zero-order valence-corrected chi connectivity index (χ0v) is 10.1. The molecule has 1 aromatic rings. The second kappa shape index (κ2) is 5.48. The molecule has 2 N–H and O–H groups in total. The van der Waals surface area contributed by atoms with Crippen LogP contribution < -0.4 is 5.73 Å². The van der Waals surface area contributed by atoms with E-state index in [2.05, 4.69) is 16.8 Å². The van der Waals surface area contributed by atoms with Crippen LogP contribution in [0.25, 0.3) is 0 Å². The minimum atomic E-state index is -0.771. The maximum Gasteiger partial charge on any atom is 0.306 e. The van der Waals surface area contributed by atoms with Gasteiger partial charge in [-0.1, -0.05) is 11.8 Å². The molecule has 7 heteroatoms. The Hall–Kier alpha value is -2.75. The van der Waals surface area contributed by atoms with E-state index in [4.69, 9.17) is 5.73 Å². The number of nitro groups is 1. The molecule has 0 fully saturated rings. The third-order valence-electron chi connectivity index (χ3n) is 2.59. The van der Waals surface area contributed by atoms with Crippen LogP contribution in [0, 0.1) is 33.6 Å². The Morgan fingerprint density at radius 2 is 2.20 bits per heavy atom. The van der Waals surface area contributed by atoms with Crippen molar-refractivity contribution in [1.82, 2.24) is 0 Å². The van der Waals surface area contributed by atoms with Crippen LogP contribution in [-0.4, -0.2) is 16.8 Å². The molecule has 20 heavy (non-hydrogen) atoms. The molecular weight excluding hydrogens is 268 g/mol. The van der Waals surface area contributed by atoms with Gasteiger partial charge in [0.15, 0.2) is 5.84 Å². The standard InChI is InChI=1S/C13H9F2N3O2/c14-9-3-1-8(11(15)7-9)2-4-10-5-6-12(18(19)20)13(16)17-10/h1,3,6-7,10H,5H2,(H2,16,17). The maximum absolute atomic E-state index is 13.3. The van der Waals surface area contributed by atoms with Gasteiger partial charge >= 0.3 is 5.70 Å². The topological polar surface area (TPSA) is 81.5 Å². The zero-order chi connectivity index (χ0) is 14.7. The summed E-state index contributed by atoms with van der Waals surface area (Å²) in [6, 6.07) is 2.46. The van der Waals surface area contributed by atoms with Crippen LogP contribution in [0.1, 0.15) is 12.0 Å². The third-order valence-corrected chi connectivity index (χ3v) is 2.59. The fourth-order valence-electron chi connectivity index (χ4n) is 1.63. The number of nitrogens with zero attached hydrogens (tertiary/aromatic N) is 2. The largest absolute Gasteiger partial charge is 0.378 e. The van der Waals surface area contributed by atoms with Crippen molar-refractivity contribution in [3.63, 3.8) is 0 Å². The van der Waals surface area contributed by atoms with Gasteiger partial charge in [-0.05, 0) is 12.1 Å². The molecule has 0 aliphatic carbocycles. The fraction of sp³-hybridized carbons (Fsp3) is 0.154. The van der Waals surface area contributed by atoms with Crippen LogP contribution >= 0.6 is 0 Å². The zero-order valence-electron chi connectivity index (χ0n) is 10.1. The monoisotopic (exact) mass is 277 g/mol. The molecule has 1 aliphatic rings. The lowest BCUT2D eigenvalue weighted by atomic mass is 10.1. The number of benzene rings is 1. The molecule has 1 aromatic carbocycles. The first-order chi connectivity index (χ1) is 9.47. The third kappa shape index (κ3) is 2.98. The Labute approximate surface area is 113 Å². The molecule has 0 spiro atoms. The van der Waals surface area contributed by atoms with E-state index in [9.17, 15) is 18.9 Å². The predicted octanol–water partition coefficient (Wildman–Crippen LogP) is 1.61. The second-order valence-electron chi connectivity index (χ2n) is 4.01. The van der Waals surface area contributed by atoms with Crippen molar-refractivity contribution in [3.05, 3.63) is 57.3 Å². The summed E-state index contributed by atoms with van der Waals surface area (Å²) >= 11 is 0. The van der Waals surface area contributed by atoms with Crippen molar-refractivity contribution < 1.29 is 13.7 Å². The molecule has 2 rings (SSSR count). The Kier molecular flexibility index (Phi) is 3.75. The molecule has 5 nitrogen and oxygen atoms in total. The van der Waals surface area contributed by atoms with Crippen LogP contribution in [-0.2, 0) is 0 Å². The van der Waals surface area contributed by atoms with Gasteiger partial charge < -0.3 is 5.73 Å². The van der Waals surface area contributed by atoms with Crippen LogP contribution in [0.2, 0.25) is 0 Å². The van der Waals surface area contributed by atoms with Crippen molar-refractivity contribution in [2.24, 2.45) is 10.7 Å². The highest BCUT2D eigenvalue weighted by molar-refractivity contribution is 5.95. The van der Waals surface area contributed by atoms with E-state index < -0.39 is 22.6 Å². The molecule has 0 radical (unpaired) electrons. The van der Waals surface area contributed by atoms with Crippen molar-refractivity contribution in [2.45, 2.75) is 12.5 Å². The first kappa shape index (κ1) is 13.7. The van der Waals surface area contributed by atoms with E-state index >= 15 is 0 Å². The molecule has 0 amide bonds. The van der Waals surface area contributed by atoms with Gasteiger partial charge in [-0.2, -0.15) is 0 Å². The highest BCUT2D eigenvalue weighted by atomic mass is 19.1. The number of amidine groups is 1. The molecular formula is C13H9F2N3O2. The van der Waals surface area contributed by atoms with Crippen molar-refractivity contribution in [3.8, 4) is 11.8 Å². The van der Waals surface area contributed by atoms with Crippen molar-refractivity contribution in [1.29, 1.82) is 0 Å². The quantitative estimate of drug-likeness (QED) is 0.481. The first-order valence-electron chi connectivity index (χ1n) is 5.62. The summed E-state index contributed by atoms with van der Waals surface area (Å²) in [5.74, 6) is 3.49. The Balaban J connectivity index is 2.18. The lowest BCUT2D eigenvalue weighted by Crippen LogP contribution is -2.26. The SMILES string of the molecule is NC1=NC(C#Cc2ccc(F)cc2F)CC=C1[N+](=O)[O-]. The number of nitrogens with two attached hydrogens (primary N) is 1. The number of halogens is 2. The summed E-state index contributed by atoms with van der Waals surface area (Å²) in [7, 11) is 0. The van der Waals surface area contributed by atoms with Crippen LogP contribution in [0.3, 0.4) is 0 Å². The number of rotatable bonds is 1. The second-order valence-corrected chi connectivity index (χ2v) is 4.01. The average molecular weight is 277 g/mol. The summed E-state index contributed by atoms with van der Waals surface area (Å²) in [6.07, 6.45) is 1.54. The number of dihydropyridines is 1. The van der Waals surface area contributed by atoms with E-state index in [1.807, 2.05) is 0 Å². The normalized spacial score (nSPS) is 17.6. The predicted molar refractivity (Wildman–Crippen MR) is 68.3 cm³/mol. The van der Waals surface area contributed by atoms with E-state index in [1.54, 1.807) is 0 Å². The summed E-state index contributed by atoms with van der Waals surface area (Å²) < 4.78 is 26.1. The summed E-state index contributed by atoms with van der Waals surface area (Å²) in [5, 5.41) is 10.6.